The van der Waals surface area contributed by atoms with Crippen LogP contribution in [0.3, 0.4) is 0 Å². The van der Waals surface area contributed by atoms with Crippen molar-refractivity contribution in [3.63, 3.8) is 0 Å². The zero-order chi connectivity index (χ0) is 10.6. The van der Waals surface area contributed by atoms with E-state index in [1.165, 1.54) is 0 Å². The number of hydrogen-bond acceptors (Lipinski definition) is 3. The number of aliphatic carboxylic acids is 1. The molecule has 0 radical (unpaired) electrons. The van der Waals surface area contributed by atoms with Gasteiger partial charge in [-0.2, -0.15) is 0 Å². The smallest absolute Gasteiger partial charge is 0.307 e. The fraction of sp³-hybridized carbons (Fsp3) is 0.300. The van der Waals surface area contributed by atoms with Gasteiger partial charge in [-0.15, -0.1) is 11.8 Å². The highest BCUT2D eigenvalue weighted by Gasteiger charge is 2.06. The highest BCUT2D eigenvalue weighted by atomic mass is 32.2. The molecule has 0 heterocycles. The van der Waals surface area contributed by atoms with E-state index in [9.17, 15) is 9.90 Å². The average molecular weight is 212 g/mol. The van der Waals surface area contributed by atoms with Gasteiger partial charge in [-0.1, -0.05) is 13.0 Å². The van der Waals surface area contributed by atoms with Gasteiger partial charge in [0.15, 0.2) is 0 Å². The lowest BCUT2D eigenvalue weighted by atomic mass is 10.1. The number of rotatable bonds is 4. The maximum absolute atomic E-state index is 10.4. The second-order valence-electron chi connectivity index (χ2n) is 2.79. The normalized spacial score (nSPS) is 10.1. The number of phenolic OH excluding ortho intramolecular Hbond substituents is 1. The largest absolute Gasteiger partial charge is 0.508 e. The monoisotopic (exact) mass is 212 g/mol. The molecule has 14 heavy (non-hydrogen) atoms. The van der Waals surface area contributed by atoms with Crippen LogP contribution < -0.4 is 0 Å². The molecule has 4 heteroatoms. The van der Waals surface area contributed by atoms with Gasteiger partial charge >= 0.3 is 5.97 Å². The van der Waals surface area contributed by atoms with Crippen LogP contribution in [0.25, 0.3) is 0 Å². The zero-order valence-corrected chi connectivity index (χ0v) is 8.67. The summed E-state index contributed by atoms with van der Waals surface area (Å²) in [5, 5.41) is 18.0. The number of carboxylic acids is 1. The third kappa shape index (κ3) is 2.96. The number of benzene rings is 1. The van der Waals surface area contributed by atoms with E-state index in [0.29, 0.717) is 5.56 Å². The number of carboxylic acid groups (broad SMARTS) is 1. The molecule has 0 saturated heterocycles. The molecule has 0 spiro atoms. The van der Waals surface area contributed by atoms with Crippen molar-refractivity contribution in [1.29, 1.82) is 0 Å². The Labute approximate surface area is 86.8 Å². The summed E-state index contributed by atoms with van der Waals surface area (Å²) in [5.74, 6) is 0.0552. The van der Waals surface area contributed by atoms with Crippen molar-refractivity contribution in [3.05, 3.63) is 23.8 Å². The van der Waals surface area contributed by atoms with Crippen LogP contribution in [-0.4, -0.2) is 21.9 Å². The number of aromatic hydroxyl groups is 1. The van der Waals surface area contributed by atoms with Crippen molar-refractivity contribution >= 4 is 17.7 Å². The first-order chi connectivity index (χ1) is 6.63. The van der Waals surface area contributed by atoms with Gasteiger partial charge in [0.05, 0.1) is 6.42 Å². The van der Waals surface area contributed by atoms with Gasteiger partial charge in [0.2, 0.25) is 0 Å². The summed E-state index contributed by atoms with van der Waals surface area (Å²) in [5.41, 5.74) is 0.456. The zero-order valence-electron chi connectivity index (χ0n) is 7.86. The number of hydrogen-bond donors (Lipinski definition) is 2. The second kappa shape index (κ2) is 4.91. The molecule has 0 saturated carbocycles. The molecular weight excluding hydrogens is 200 g/mol. The molecule has 0 bridgehead atoms. The first-order valence-electron chi connectivity index (χ1n) is 4.30. The Morgan fingerprint density at radius 2 is 2.21 bits per heavy atom. The second-order valence-corrected chi connectivity index (χ2v) is 4.13. The standard InChI is InChI=1S/C10H12O3S/c1-2-14-8-4-3-7(5-10(12)13)9(11)6-8/h3-4,6,11H,2,5H2,1H3,(H,12,13). The molecule has 1 aromatic rings. The van der Waals surface area contributed by atoms with E-state index in [-0.39, 0.29) is 12.2 Å². The summed E-state index contributed by atoms with van der Waals surface area (Å²) in [7, 11) is 0. The lowest BCUT2D eigenvalue weighted by Gasteiger charge is -2.04. The van der Waals surface area contributed by atoms with E-state index in [2.05, 4.69) is 0 Å². The van der Waals surface area contributed by atoms with Gasteiger partial charge in [0.25, 0.3) is 0 Å². The summed E-state index contributed by atoms with van der Waals surface area (Å²) in [6.07, 6.45) is -0.136. The SMILES string of the molecule is CCSc1ccc(CC(=O)O)c(O)c1. The van der Waals surface area contributed by atoms with Crippen LogP contribution in [0.4, 0.5) is 0 Å². The minimum Gasteiger partial charge on any atom is -0.508 e. The molecule has 0 aliphatic carbocycles. The van der Waals surface area contributed by atoms with E-state index in [1.54, 1.807) is 23.9 Å². The summed E-state index contributed by atoms with van der Waals surface area (Å²) >= 11 is 1.61. The first-order valence-corrected chi connectivity index (χ1v) is 5.28. The molecule has 0 fully saturated rings. The van der Waals surface area contributed by atoms with Crippen molar-refractivity contribution in [2.45, 2.75) is 18.2 Å². The number of carbonyl (C=O) groups is 1. The van der Waals surface area contributed by atoms with E-state index in [0.717, 1.165) is 10.6 Å². The molecule has 0 amide bonds. The molecule has 3 nitrogen and oxygen atoms in total. The predicted molar refractivity (Wildman–Crippen MR) is 55.8 cm³/mol. The molecule has 1 rings (SSSR count). The Bertz CT molecular complexity index is 336. The Balaban J connectivity index is 2.84. The minimum atomic E-state index is -0.934. The minimum absolute atomic E-state index is 0.0610. The lowest BCUT2D eigenvalue weighted by molar-refractivity contribution is -0.136. The van der Waals surface area contributed by atoms with Gasteiger partial charge < -0.3 is 10.2 Å². The van der Waals surface area contributed by atoms with Gasteiger partial charge in [0, 0.05) is 10.5 Å². The van der Waals surface area contributed by atoms with E-state index in [4.69, 9.17) is 5.11 Å². The number of thioether (sulfide) groups is 1. The van der Waals surface area contributed by atoms with Gasteiger partial charge in [-0.25, -0.2) is 0 Å². The maximum Gasteiger partial charge on any atom is 0.307 e. The maximum atomic E-state index is 10.4. The van der Waals surface area contributed by atoms with Crippen LogP contribution in [0.15, 0.2) is 23.1 Å². The Morgan fingerprint density at radius 3 is 2.71 bits per heavy atom. The molecule has 2 N–H and O–H groups in total. The summed E-state index contributed by atoms with van der Waals surface area (Å²) < 4.78 is 0. The fourth-order valence-corrected chi connectivity index (χ4v) is 1.81. The van der Waals surface area contributed by atoms with Gasteiger partial charge in [-0.05, 0) is 17.9 Å². The Hall–Kier alpha value is -1.16. The molecule has 0 aromatic heterocycles. The quantitative estimate of drug-likeness (QED) is 0.751. The topological polar surface area (TPSA) is 57.5 Å². The van der Waals surface area contributed by atoms with Crippen LogP contribution in [-0.2, 0) is 11.2 Å². The molecule has 0 unspecified atom stereocenters. The summed E-state index contributed by atoms with van der Waals surface area (Å²) in [6, 6.07) is 5.08. The average Bonchev–Trinajstić information content (AvgIpc) is 2.10. The molecular formula is C10H12O3S. The predicted octanol–water partition coefficient (Wildman–Crippen LogP) is 2.13. The van der Waals surface area contributed by atoms with E-state index < -0.39 is 5.97 Å². The fourth-order valence-electron chi connectivity index (χ4n) is 1.11. The van der Waals surface area contributed by atoms with Crippen molar-refractivity contribution in [2.75, 3.05) is 5.75 Å². The van der Waals surface area contributed by atoms with E-state index >= 15 is 0 Å². The highest BCUT2D eigenvalue weighted by molar-refractivity contribution is 7.99. The molecule has 1 aromatic carbocycles. The van der Waals surface area contributed by atoms with Crippen molar-refractivity contribution < 1.29 is 15.0 Å². The van der Waals surface area contributed by atoms with Crippen LogP contribution in [0.5, 0.6) is 5.75 Å². The molecule has 0 atom stereocenters. The van der Waals surface area contributed by atoms with Crippen LogP contribution in [0.1, 0.15) is 12.5 Å². The van der Waals surface area contributed by atoms with Crippen LogP contribution in [0, 0.1) is 0 Å². The van der Waals surface area contributed by atoms with Gasteiger partial charge in [-0.3, -0.25) is 4.79 Å². The molecule has 0 aliphatic heterocycles. The third-order valence-electron chi connectivity index (χ3n) is 1.71. The first kappa shape index (κ1) is 10.9. The Kier molecular flexibility index (Phi) is 3.83. The van der Waals surface area contributed by atoms with E-state index in [1.807, 2.05) is 13.0 Å². The summed E-state index contributed by atoms with van der Waals surface area (Å²) in [4.78, 5) is 11.4. The lowest BCUT2D eigenvalue weighted by Crippen LogP contribution is -2.00. The van der Waals surface area contributed by atoms with Gasteiger partial charge in [0.1, 0.15) is 5.75 Å². The third-order valence-corrected chi connectivity index (χ3v) is 2.59. The highest BCUT2D eigenvalue weighted by Crippen LogP contribution is 2.25. The van der Waals surface area contributed by atoms with Crippen molar-refractivity contribution in [3.8, 4) is 5.75 Å². The van der Waals surface area contributed by atoms with Crippen LogP contribution in [0.2, 0.25) is 0 Å². The Morgan fingerprint density at radius 1 is 1.50 bits per heavy atom. The number of phenols is 1. The summed E-state index contributed by atoms with van der Waals surface area (Å²) in [6.45, 7) is 2.02. The van der Waals surface area contributed by atoms with Crippen LogP contribution >= 0.6 is 11.8 Å². The van der Waals surface area contributed by atoms with Crippen molar-refractivity contribution in [2.24, 2.45) is 0 Å². The van der Waals surface area contributed by atoms with Crippen molar-refractivity contribution in [1.82, 2.24) is 0 Å². The molecule has 76 valence electrons. The molecule has 0 aliphatic rings.